The average molecular weight is 308 g/mol. The minimum atomic E-state index is -1.02. The van der Waals surface area contributed by atoms with Crippen molar-refractivity contribution in [2.75, 3.05) is 0 Å². The molecular formula is C16H9ClF3N. The van der Waals surface area contributed by atoms with Crippen molar-refractivity contribution in [3.05, 3.63) is 64.4 Å². The lowest BCUT2D eigenvalue weighted by atomic mass is 10.0. The first kappa shape index (κ1) is 13.9. The van der Waals surface area contributed by atoms with E-state index >= 15 is 0 Å². The molecule has 0 aliphatic carbocycles. The molecule has 0 N–H and O–H groups in total. The first-order valence-electron chi connectivity index (χ1n) is 6.19. The Morgan fingerprint density at radius 1 is 0.952 bits per heavy atom. The molecule has 106 valence electrons. The summed E-state index contributed by atoms with van der Waals surface area (Å²) in [6.07, 6.45) is 0. The highest BCUT2D eigenvalue weighted by Crippen LogP contribution is 2.34. The number of hydrogen-bond donors (Lipinski definition) is 0. The maximum Gasteiger partial charge on any atom is 0.161 e. The third kappa shape index (κ3) is 2.25. The molecule has 0 radical (unpaired) electrons. The van der Waals surface area contributed by atoms with Crippen LogP contribution in [0.2, 0.25) is 5.02 Å². The summed E-state index contributed by atoms with van der Waals surface area (Å²) in [5, 5.41) is 0.533. The van der Waals surface area contributed by atoms with Gasteiger partial charge in [-0.25, -0.2) is 18.2 Å². The Bertz CT molecular complexity index is 862. The Labute approximate surface area is 124 Å². The summed E-state index contributed by atoms with van der Waals surface area (Å²) in [5.74, 6) is -2.47. The summed E-state index contributed by atoms with van der Waals surface area (Å²) in [5.41, 5.74) is 1.28. The van der Waals surface area contributed by atoms with Crippen LogP contribution in [0.3, 0.4) is 0 Å². The standard InChI is InChI=1S/C16H9ClF3N/c1-8-15(17)10-6-12(19)13(20)7-14(10)21-16(8)9-4-2-3-5-11(9)18/h2-7H,1H3. The van der Waals surface area contributed by atoms with Crippen LogP contribution in [-0.2, 0) is 0 Å². The van der Waals surface area contributed by atoms with Gasteiger partial charge < -0.3 is 0 Å². The molecule has 5 heteroatoms. The van der Waals surface area contributed by atoms with E-state index < -0.39 is 17.5 Å². The predicted octanol–water partition coefficient (Wildman–Crippen LogP) is 5.28. The van der Waals surface area contributed by atoms with Crippen molar-refractivity contribution in [3.8, 4) is 11.3 Å². The first-order valence-corrected chi connectivity index (χ1v) is 6.56. The second-order valence-corrected chi connectivity index (χ2v) is 5.04. The largest absolute Gasteiger partial charge is 0.247 e. The molecule has 1 aromatic heterocycles. The maximum absolute atomic E-state index is 13.9. The minimum Gasteiger partial charge on any atom is -0.247 e. The van der Waals surface area contributed by atoms with Crippen molar-refractivity contribution in [1.82, 2.24) is 4.98 Å². The van der Waals surface area contributed by atoms with E-state index in [0.717, 1.165) is 12.1 Å². The average Bonchev–Trinajstić information content (AvgIpc) is 2.46. The third-order valence-corrected chi connectivity index (χ3v) is 3.81. The molecule has 2 aromatic carbocycles. The number of rotatable bonds is 1. The summed E-state index contributed by atoms with van der Waals surface area (Å²) in [6, 6.07) is 8.06. The lowest BCUT2D eigenvalue weighted by Crippen LogP contribution is -1.96. The molecule has 0 saturated carbocycles. The number of fused-ring (bicyclic) bond motifs is 1. The Morgan fingerprint density at radius 3 is 2.33 bits per heavy atom. The van der Waals surface area contributed by atoms with Crippen LogP contribution in [0, 0.1) is 24.4 Å². The van der Waals surface area contributed by atoms with Gasteiger partial charge in [-0.1, -0.05) is 23.7 Å². The molecule has 0 atom stereocenters. The van der Waals surface area contributed by atoms with Gasteiger partial charge >= 0.3 is 0 Å². The Balaban J connectivity index is 2.38. The highest BCUT2D eigenvalue weighted by Gasteiger charge is 2.16. The topological polar surface area (TPSA) is 12.9 Å². The predicted molar refractivity (Wildman–Crippen MR) is 76.8 cm³/mol. The van der Waals surface area contributed by atoms with Crippen molar-refractivity contribution in [1.29, 1.82) is 0 Å². The van der Waals surface area contributed by atoms with E-state index in [9.17, 15) is 13.2 Å². The number of pyridine rings is 1. The first-order chi connectivity index (χ1) is 9.99. The zero-order chi connectivity index (χ0) is 15.1. The Kier molecular flexibility index (Phi) is 3.33. The fourth-order valence-electron chi connectivity index (χ4n) is 2.23. The van der Waals surface area contributed by atoms with Gasteiger partial charge in [0, 0.05) is 17.0 Å². The van der Waals surface area contributed by atoms with Crippen LogP contribution in [-0.4, -0.2) is 4.98 Å². The highest BCUT2D eigenvalue weighted by molar-refractivity contribution is 6.36. The molecule has 0 saturated heterocycles. The second kappa shape index (κ2) is 5.04. The summed E-state index contributed by atoms with van der Waals surface area (Å²) in [6.45, 7) is 1.66. The van der Waals surface area contributed by atoms with E-state index in [2.05, 4.69) is 4.98 Å². The van der Waals surface area contributed by atoms with Gasteiger partial charge in [0.1, 0.15) is 5.82 Å². The molecule has 0 unspecified atom stereocenters. The monoisotopic (exact) mass is 307 g/mol. The zero-order valence-electron chi connectivity index (χ0n) is 10.9. The van der Waals surface area contributed by atoms with Crippen molar-refractivity contribution < 1.29 is 13.2 Å². The van der Waals surface area contributed by atoms with Gasteiger partial charge in [-0.15, -0.1) is 0 Å². The number of nitrogens with zero attached hydrogens (tertiary/aromatic N) is 1. The van der Waals surface area contributed by atoms with Crippen LogP contribution in [0.5, 0.6) is 0 Å². The van der Waals surface area contributed by atoms with E-state index in [0.29, 0.717) is 16.6 Å². The summed E-state index contributed by atoms with van der Waals surface area (Å²) in [7, 11) is 0. The SMILES string of the molecule is Cc1c(-c2ccccc2F)nc2cc(F)c(F)cc2c1Cl. The quantitative estimate of drug-likeness (QED) is 0.596. The number of aromatic nitrogens is 1. The van der Waals surface area contributed by atoms with Crippen molar-refractivity contribution >= 4 is 22.5 Å². The normalized spacial score (nSPS) is 11.1. The Morgan fingerprint density at radius 2 is 1.62 bits per heavy atom. The molecular weight excluding hydrogens is 299 g/mol. The van der Waals surface area contributed by atoms with Crippen molar-refractivity contribution in [2.24, 2.45) is 0 Å². The molecule has 0 spiro atoms. The smallest absolute Gasteiger partial charge is 0.161 e. The van der Waals surface area contributed by atoms with Crippen molar-refractivity contribution in [2.45, 2.75) is 6.92 Å². The number of benzene rings is 2. The van der Waals surface area contributed by atoms with Crippen LogP contribution in [0.4, 0.5) is 13.2 Å². The van der Waals surface area contributed by atoms with Gasteiger partial charge in [0.05, 0.1) is 16.2 Å². The molecule has 3 aromatic rings. The summed E-state index contributed by atoms with van der Waals surface area (Å²) >= 11 is 6.21. The maximum atomic E-state index is 13.9. The molecule has 21 heavy (non-hydrogen) atoms. The summed E-state index contributed by atoms with van der Waals surface area (Å²) < 4.78 is 40.6. The molecule has 0 aliphatic heterocycles. The van der Waals surface area contributed by atoms with E-state index in [1.807, 2.05) is 0 Å². The lowest BCUT2D eigenvalue weighted by molar-refractivity contribution is 0.510. The fraction of sp³-hybridized carbons (Fsp3) is 0.0625. The molecule has 0 aliphatic rings. The number of hydrogen-bond acceptors (Lipinski definition) is 1. The molecule has 1 heterocycles. The van der Waals surface area contributed by atoms with Crippen LogP contribution in [0.1, 0.15) is 5.56 Å². The van der Waals surface area contributed by atoms with Crippen LogP contribution in [0.25, 0.3) is 22.2 Å². The lowest BCUT2D eigenvalue weighted by Gasteiger charge is -2.11. The van der Waals surface area contributed by atoms with Gasteiger partial charge in [-0.05, 0) is 30.7 Å². The van der Waals surface area contributed by atoms with E-state index in [1.165, 1.54) is 6.07 Å². The van der Waals surface area contributed by atoms with Crippen LogP contribution in [0.15, 0.2) is 36.4 Å². The van der Waals surface area contributed by atoms with E-state index in [-0.39, 0.29) is 16.1 Å². The molecule has 0 bridgehead atoms. The minimum absolute atomic E-state index is 0.183. The van der Waals surface area contributed by atoms with E-state index in [4.69, 9.17) is 11.6 Å². The third-order valence-electron chi connectivity index (χ3n) is 3.32. The summed E-state index contributed by atoms with van der Waals surface area (Å²) in [4.78, 5) is 4.24. The van der Waals surface area contributed by atoms with Gasteiger partial charge in [0.2, 0.25) is 0 Å². The number of halogens is 4. The van der Waals surface area contributed by atoms with Gasteiger partial charge in [-0.2, -0.15) is 0 Å². The molecule has 1 nitrogen and oxygen atoms in total. The van der Waals surface area contributed by atoms with Crippen LogP contribution >= 0.6 is 11.6 Å². The zero-order valence-corrected chi connectivity index (χ0v) is 11.7. The van der Waals surface area contributed by atoms with Crippen LogP contribution < -0.4 is 0 Å². The van der Waals surface area contributed by atoms with Crippen molar-refractivity contribution in [3.63, 3.8) is 0 Å². The molecule has 3 rings (SSSR count). The molecule has 0 amide bonds. The van der Waals surface area contributed by atoms with E-state index in [1.54, 1.807) is 25.1 Å². The van der Waals surface area contributed by atoms with Gasteiger partial charge in [-0.3, -0.25) is 0 Å². The Hall–Kier alpha value is -2.07. The highest BCUT2D eigenvalue weighted by atomic mass is 35.5. The molecule has 0 fully saturated rings. The fourth-order valence-corrected chi connectivity index (χ4v) is 2.47. The van der Waals surface area contributed by atoms with Gasteiger partial charge in [0.25, 0.3) is 0 Å². The second-order valence-electron chi connectivity index (χ2n) is 4.66. The van der Waals surface area contributed by atoms with Gasteiger partial charge in [0.15, 0.2) is 11.6 Å².